The Hall–Kier alpha value is -1.13. The van der Waals surface area contributed by atoms with Gasteiger partial charge in [0.05, 0.1) is 0 Å². The van der Waals surface area contributed by atoms with E-state index in [0.29, 0.717) is 0 Å². The summed E-state index contributed by atoms with van der Waals surface area (Å²) < 4.78 is 3.39. The van der Waals surface area contributed by atoms with Crippen LogP contribution in [0.2, 0.25) is 0 Å². The van der Waals surface area contributed by atoms with E-state index in [-0.39, 0.29) is 6.04 Å². The monoisotopic (exact) mass is 335 g/mol. The van der Waals surface area contributed by atoms with Gasteiger partial charge in [-0.2, -0.15) is 0 Å². The van der Waals surface area contributed by atoms with Crippen LogP contribution in [0.25, 0.3) is 0 Å². The number of aromatic nitrogens is 2. The summed E-state index contributed by atoms with van der Waals surface area (Å²) in [6.07, 6.45) is 5.98. The first-order chi connectivity index (χ1) is 9.65. The first-order valence-corrected chi connectivity index (χ1v) is 7.88. The van der Waals surface area contributed by atoms with Crippen LogP contribution in [-0.4, -0.2) is 16.6 Å². The van der Waals surface area contributed by atoms with E-state index in [0.717, 1.165) is 29.7 Å². The van der Waals surface area contributed by atoms with Crippen molar-refractivity contribution in [2.24, 2.45) is 0 Å². The van der Waals surface area contributed by atoms with E-state index < -0.39 is 0 Å². The lowest BCUT2D eigenvalue weighted by Gasteiger charge is -2.19. The summed E-state index contributed by atoms with van der Waals surface area (Å²) in [6, 6.07) is 6.74. The van der Waals surface area contributed by atoms with E-state index in [4.69, 9.17) is 0 Å². The number of imidazole rings is 1. The molecular formula is C16H22BrN3. The van der Waals surface area contributed by atoms with E-state index in [1.54, 1.807) is 0 Å². The average Bonchev–Trinajstić information content (AvgIpc) is 2.87. The highest BCUT2D eigenvalue weighted by Crippen LogP contribution is 2.26. The van der Waals surface area contributed by atoms with Crippen LogP contribution >= 0.6 is 15.9 Å². The largest absolute Gasteiger partial charge is 0.335 e. The lowest BCUT2D eigenvalue weighted by Crippen LogP contribution is -2.21. The van der Waals surface area contributed by atoms with Crippen molar-refractivity contribution in [1.82, 2.24) is 14.9 Å². The summed E-state index contributed by atoms with van der Waals surface area (Å²) in [4.78, 5) is 4.51. The standard InChI is InChI=1S/C16H22BrN3/c1-4-8-20-9-7-19-16(20)11-15(18-3)13-10-12(2)5-6-14(13)17/h5-7,9-10,15,18H,4,8,11H2,1-3H3. The van der Waals surface area contributed by atoms with Crippen molar-refractivity contribution in [3.05, 3.63) is 52.0 Å². The summed E-state index contributed by atoms with van der Waals surface area (Å²) in [5, 5.41) is 3.41. The van der Waals surface area contributed by atoms with Crippen LogP contribution in [0.5, 0.6) is 0 Å². The number of hydrogen-bond donors (Lipinski definition) is 1. The molecule has 0 bridgehead atoms. The molecular weight excluding hydrogens is 314 g/mol. The minimum absolute atomic E-state index is 0.266. The molecule has 0 saturated heterocycles. The van der Waals surface area contributed by atoms with Gasteiger partial charge in [0.2, 0.25) is 0 Å². The normalized spacial score (nSPS) is 12.6. The smallest absolute Gasteiger partial charge is 0.110 e. The van der Waals surface area contributed by atoms with Crippen LogP contribution in [0.4, 0.5) is 0 Å². The average molecular weight is 336 g/mol. The zero-order valence-corrected chi connectivity index (χ0v) is 13.9. The first-order valence-electron chi connectivity index (χ1n) is 7.09. The highest BCUT2D eigenvalue weighted by Gasteiger charge is 2.16. The van der Waals surface area contributed by atoms with Crippen molar-refractivity contribution in [3.63, 3.8) is 0 Å². The number of aryl methyl sites for hydroxylation is 2. The number of nitrogens with one attached hydrogen (secondary N) is 1. The fourth-order valence-corrected chi connectivity index (χ4v) is 2.98. The van der Waals surface area contributed by atoms with E-state index in [2.05, 4.69) is 69.0 Å². The molecule has 0 fully saturated rings. The number of halogens is 1. The second-order valence-corrected chi connectivity index (χ2v) is 5.96. The van der Waals surface area contributed by atoms with Crippen molar-refractivity contribution in [2.75, 3.05) is 7.05 Å². The third-order valence-corrected chi connectivity index (χ3v) is 4.25. The number of rotatable bonds is 6. The minimum Gasteiger partial charge on any atom is -0.335 e. The Morgan fingerprint density at radius 2 is 2.20 bits per heavy atom. The fraction of sp³-hybridized carbons (Fsp3) is 0.438. The molecule has 20 heavy (non-hydrogen) atoms. The van der Waals surface area contributed by atoms with Gasteiger partial charge in [-0.25, -0.2) is 4.98 Å². The molecule has 1 atom stereocenters. The van der Waals surface area contributed by atoms with Gasteiger partial charge >= 0.3 is 0 Å². The molecule has 108 valence electrons. The van der Waals surface area contributed by atoms with Crippen molar-refractivity contribution < 1.29 is 0 Å². The van der Waals surface area contributed by atoms with Gasteiger partial charge in [0, 0.05) is 35.9 Å². The highest BCUT2D eigenvalue weighted by molar-refractivity contribution is 9.10. The van der Waals surface area contributed by atoms with Gasteiger partial charge in [0.1, 0.15) is 5.82 Å². The Kier molecular flexibility index (Phi) is 5.38. The molecule has 2 rings (SSSR count). The second-order valence-electron chi connectivity index (χ2n) is 5.11. The zero-order chi connectivity index (χ0) is 14.5. The molecule has 0 aliphatic heterocycles. The SMILES string of the molecule is CCCn1ccnc1CC(NC)c1cc(C)ccc1Br. The summed E-state index contributed by atoms with van der Waals surface area (Å²) in [7, 11) is 2.01. The van der Waals surface area contributed by atoms with Crippen molar-refractivity contribution in [1.29, 1.82) is 0 Å². The maximum atomic E-state index is 4.51. The molecule has 3 nitrogen and oxygen atoms in total. The van der Waals surface area contributed by atoms with Crippen molar-refractivity contribution in [3.8, 4) is 0 Å². The Morgan fingerprint density at radius 3 is 2.90 bits per heavy atom. The van der Waals surface area contributed by atoms with Crippen LogP contribution in [0.15, 0.2) is 35.1 Å². The molecule has 4 heteroatoms. The van der Waals surface area contributed by atoms with Gasteiger partial charge in [0.25, 0.3) is 0 Å². The topological polar surface area (TPSA) is 29.9 Å². The molecule has 1 unspecified atom stereocenters. The lowest BCUT2D eigenvalue weighted by molar-refractivity contribution is 0.541. The van der Waals surface area contributed by atoms with Gasteiger partial charge in [-0.1, -0.05) is 40.5 Å². The number of nitrogens with zero attached hydrogens (tertiary/aromatic N) is 2. The number of benzene rings is 1. The lowest BCUT2D eigenvalue weighted by atomic mass is 10.0. The predicted octanol–water partition coefficient (Wildman–Crippen LogP) is 3.87. The predicted molar refractivity (Wildman–Crippen MR) is 86.9 cm³/mol. The molecule has 0 aliphatic rings. The summed E-state index contributed by atoms with van der Waals surface area (Å²) >= 11 is 3.66. The molecule has 0 aliphatic carbocycles. The van der Waals surface area contributed by atoms with Gasteiger partial charge in [-0.3, -0.25) is 0 Å². The number of hydrogen-bond acceptors (Lipinski definition) is 2. The molecule has 0 amide bonds. The van der Waals surface area contributed by atoms with Crippen LogP contribution in [-0.2, 0) is 13.0 Å². The van der Waals surface area contributed by atoms with Gasteiger partial charge in [0.15, 0.2) is 0 Å². The Labute approximate surface area is 129 Å². The van der Waals surface area contributed by atoms with Crippen molar-refractivity contribution in [2.45, 2.75) is 39.3 Å². The Morgan fingerprint density at radius 1 is 1.40 bits per heavy atom. The molecule has 2 aromatic rings. The quantitative estimate of drug-likeness (QED) is 0.868. The first kappa shape index (κ1) is 15.3. The third-order valence-electron chi connectivity index (χ3n) is 3.53. The van der Waals surface area contributed by atoms with Crippen LogP contribution in [0, 0.1) is 6.92 Å². The molecule has 1 heterocycles. The fourth-order valence-electron chi connectivity index (χ4n) is 2.45. The van der Waals surface area contributed by atoms with Gasteiger partial charge < -0.3 is 9.88 Å². The van der Waals surface area contributed by atoms with E-state index in [9.17, 15) is 0 Å². The van der Waals surface area contributed by atoms with Gasteiger partial charge in [-0.05, 0) is 32.0 Å². The van der Waals surface area contributed by atoms with Crippen LogP contribution in [0.3, 0.4) is 0 Å². The van der Waals surface area contributed by atoms with E-state index in [1.165, 1.54) is 11.1 Å². The maximum absolute atomic E-state index is 4.51. The number of likely N-dealkylation sites (N-methyl/N-ethyl adjacent to an activating group) is 1. The summed E-state index contributed by atoms with van der Waals surface area (Å²) in [5.41, 5.74) is 2.57. The van der Waals surface area contributed by atoms with Gasteiger partial charge in [-0.15, -0.1) is 0 Å². The Bertz CT molecular complexity index is 563. The Balaban J connectivity index is 2.24. The molecule has 1 aromatic carbocycles. The second kappa shape index (κ2) is 7.04. The molecule has 0 saturated carbocycles. The van der Waals surface area contributed by atoms with E-state index in [1.807, 2.05) is 13.2 Å². The third kappa shape index (κ3) is 3.49. The molecule has 1 N–H and O–H groups in total. The van der Waals surface area contributed by atoms with Crippen LogP contribution < -0.4 is 5.32 Å². The maximum Gasteiger partial charge on any atom is 0.110 e. The summed E-state index contributed by atoms with van der Waals surface area (Å²) in [6.45, 7) is 5.35. The molecule has 0 spiro atoms. The molecule has 1 aromatic heterocycles. The molecule has 0 radical (unpaired) electrons. The van der Waals surface area contributed by atoms with E-state index >= 15 is 0 Å². The van der Waals surface area contributed by atoms with Crippen LogP contribution in [0.1, 0.15) is 36.3 Å². The minimum atomic E-state index is 0.266. The zero-order valence-electron chi connectivity index (χ0n) is 12.4. The van der Waals surface area contributed by atoms with Crippen molar-refractivity contribution >= 4 is 15.9 Å². The summed E-state index contributed by atoms with van der Waals surface area (Å²) in [5.74, 6) is 1.14. The highest BCUT2D eigenvalue weighted by atomic mass is 79.9.